The van der Waals surface area contributed by atoms with Gasteiger partial charge in [0.1, 0.15) is 6.54 Å². The van der Waals surface area contributed by atoms with Crippen LogP contribution in [-0.4, -0.2) is 41.8 Å². The Bertz CT molecular complexity index is 602. The molecule has 2 aromatic heterocycles. The molecule has 9 nitrogen and oxygen atoms in total. The summed E-state index contributed by atoms with van der Waals surface area (Å²) in [4.78, 5) is 22.3. The van der Waals surface area contributed by atoms with E-state index in [4.69, 9.17) is 5.11 Å². The molecule has 19 heavy (non-hydrogen) atoms. The van der Waals surface area contributed by atoms with Gasteiger partial charge in [-0.25, -0.2) is 4.68 Å². The molecule has 0 radical (unpaired) electrons. The van der Waals surface area contributed by atoms with E-state index >= 15 is 0 Å². The number of hydrogen-bond acceptors (Lipinski definition) is 5. The summed E-state index contributed by atoms with van der Waals surface area (Å²) < 4.78 is 2.74. The number of hydrogen-bond donors (Lipinski definition) is 2. The number of amides is 1. The van der Waals surface area contributed by atoms with Gasteiger partial charge in [0.25, 0.3) is 5.91 Å². The van der Waals surface area contributed by atoms with Crippen LogP contribution in [0.1, 0.15) is 17.4 Å². The highest BCUT2D eigenvalue weighted by Crippen LogP contribution is 2.06. The predicted octanol–water partition coefficient (Wildman–Crippen LogP) is -0.169. The molecule has 0 saturated heterocycles. The summed E-state index contributed by atoms with van der Waals surface area (Å²) in [5.74, 6) is -1.52. The van der Waals surface area contributed by atoms with Crippen molar-refractivity contribution in [2.45, 2.75) is 20.0 Å². The third-order valence-corrected chi connectivity index (χ3v) is 2.28. The van der Waals surface area contributed by atoms with Crippen LogP contribution in [0.3, 0.4) is 0 Å². The van der Waals surface area contributed by atoms with Crippen molar-refractivity contribution in [3.8, 4) is 0 Å². The molecule has 0 spiro atoms. The standard InChI is InChI=1S/C10H12N6O3/c1-2-15-4-7(3-11-15)12-10(19)8-5-16(14-13-8)6-9(17)18/h3-5H,2,6H2,1H3,(H,12,19)(H,17,18). The van der Waals surface area contributed by atoms with Gasteiger partial charge in [0.15, 0.2) is 5.69 Å². The molecule has 0 unspecified atom stereocenters. The highest BCUT2D eigenvalue weighted by atomic mass is 16.4. The van der Waals surface area contributed by atoms with Gasteiger partial charge < -0.3 is 10.4 Å². The van der Waals surface area contributed by atoms with E-state index in [0.717, 1.165) is 4.68 Å². The lowest BCUT2D eigenvalue weighted by Gasteiger charge is -1.97. The zero-order chi connectivity index (χ0) is 13.8. The lowest BCUT2D eigenvalue weighted by atomic mass is 10.4. The number of rotatable bonds is 5. The lowest BCUT2D eigenvalue weighted by Crippen LogP contribution is -2.12. The zero-order valence-electron chi connectivity index (χ0n) is 10.1. The van der Waals surface area contributed by atoms with Gasteiger partial charge in [0.05, 0.1) is 18.1 Å². The van der Waals surface area contributed by atoms with Gasteiger partial charge in [-0.1, -0.05) is 5.21 Å². The van der Waals surface area contributed by atoms with Gasteiger partial charge >= 0.3 is 5.97 Å². The molecule has 100 valence electrons. The Morgan fingerprint density at radius 1 is 1.37 bits per heavy atom. The molecule has 2 N–H and O–H groups in total. The first-order valence-electron chi connectivity index (χ1n) is 5.54. The number of aryl methyl sites for hydroxylation is 1. The molecule has 9 heteroatoms. The predicted molar refractivity (Wildman–Crippen MR) is 63.5 cm³/mol. The monoisotopic (exact) mass is 264 g/mol. The maximum atomic E-state index is 11.8. The zero-order valence-corrected chi connectivity index (χ0v) is 10.1. The summed E-state index contributed by atoms with van der Waals surface area (Å²) in [6, 6.07) is 0. The number of nitrogens with zero attached hydrogens (tertiary/aromatic N) is 5. The largest absolute Gasteiger partial charge is 0.480 e. The molecule has 0 saturated carbocycles. The van der Waals surface area contributed by atoms with Gasteiger partial charge in [-0.15, -0.1) is 5.10 Å². The molecular formula is C10H12N6O3. The average Bonchev–Trinajstić information content (AvgIpc) is 2.97. The van der Waals surface area contributed by atoms with E-state index in [1.807, 2.05) is 6.92 Å². The topological polar surface area (TPSA) is 115 Å². The molecule has 0 bridgehead atoms. The maximum Gasteiger partial charge on any atom is 0.325 e. The van der Waals surface area contributed by atoms with Crippen molar-refractivity contribution in [1.82, 2.24) is 24.8 Å². The van der Waals surface area contributed by atoms with E-state index < -0.39 is 11.9 Å². The fraction of sp³-hybridized carbons (Fsp3) is 0.300. The van der Waals surface area contributed by atoms with E-state index in [1.54, 1.807) is 10.9 Å². The van der Waals surface area contributed by atoms with Gasteiger partial charge in [0.2, 0.25) is 0 Å². The smallest absolute Gasteiger partial charge is 0.325 e. The SMILES string of the molecule is CCn1cc(NC(=O)c2cn(CC(=O)O)nn2)cn1. The molecule has 0 aliphatic carbocycles. The number of anilines is 1. The van der Waals surface area contributed by atoms with Gasteiger partial charge in [-0.3, -0.25) is 14.3 Å². The first-order chi connectivity index (χ1) is 9.08. The minimum Gasteiger partial charge on any atom is -0.480 e. The third kappa shape index (κ3) is 3.15. The number of carbonyl (C=O) groups is 2. The van der Waals surface area contributed by atoms with E-state index in [0.29, 0.717) is 12.2 Å². The van der Waals surface area contributed by atoms with Gasteiger partial charge in [0, 0.05) is 12.7 Å². The fourth-order valence-electron chi connectivity index (χ4n) is 1.41. The second kappa shape index (κ2) is 5.29. The molecule has 2 rings (SSSR count). The van der Waals surface area contributed by atoms with Gasteiger partial charge in [-0.05, 0) is 6.92 Å². The number of carbonyl (C=O) groups excluding carboxylic acids is 1. The van der Waals surface area contributed by atoms with Crippen LogP contribution in [0, 0.1) is 0 Å². The van der Waals surface area contributed by atoms with E-state index in [9.17, 15) is 9.59 Å². The van der Waals surface area contributed by atoms with Crippen molar-refractivity contribution in [3.05, 3.63) is 24.3 Å². The Morgan fingerprint density at radius 3 is 2.79 bits per heavy atom. The highest BCUT2D eigenvalue weighted by molar-refractivity contribution is 6.02. The normalized spacial score (nSPS) is 10.4. The van der Waals surface area contributed by atoms with Crippen LogP contribution >= 0.6 is 0 Å². The van der Waals surface area contributed by atoms with E-state index in [1.165, 1.54) is 12.4 Å². The quantitative estimate of drug-likeness (QED) is 0.774. The fourth-order valence-corrected chi connectivity index (χ4v) is 1.41. The number of nitrogens with one attached hydrogen (secondary N) is 1. The second-order valence-corrected chi connectivity index (χ2v) is 3.73. The summed E-state index contributed by atoms with van der Waals surface area (Å²) in [7, 11) is 0. The summed E-state index contributed by atoms with van der Waals surface area (Å²) in [5.41, 5.74) is 0.588. The van der Waals surface area contributed by atoms with Crippen LogP contribution in [0.5, 0.6) is 0 Å². The van der Waals surface area contributed by atoms with Crippen LogP contribution in [-0.2, 0) is 17.9 Å². The van der Waals surface area contributed by atoms with Crippen molar-refractivity contribution in [2.75, 3.05) is 5.32 Å². The van der Waals surface area contributed by atoms with Gasteiger partial charge in [-0.2, -0.15) is 5.10 Å². The number of aromatic nitrogens is 5. The molecule has 2 aromatic rings. The molecule has 1 amide bonds. The Labute approximate surface area is 107 Å². The maximum absolute atomic E-state index is 11.8. The Morgan fingerprint density at radius 2 is 2.16 bits per heavy atom. The molecule has 0 aromatic carbocycles. The third-order valence-electron chi connectivity index (χ3n) is 2.28. The average molecular weight is 264 g/mol. The van der Waals surface area contributed by atoms with Crippen molar-refractivity contribution >= 4 is 17.6 Å². The van der Waals surface area contributed by atoms with Crippen molar-refractivity contribution in [3.63, 3.8) is 0 Å². The van der Waals surface area contributed by atoms with Crippen LogP contribution < -0.4 is 5.32 Å². The lowest BCUT2D eigenvalue weighted by molar-refractivity contribution is -0.137. The first kappa shape index (κ1) is 12.7. The minimum atomic E-state index is -1.05. The minimum absolute atomic E-state index is 0.0468. The second-order valence-electron chi connectivity index (χ2n) is 3.73. The van der Waals surface area contributed by atoms with Crippen molar-refractivity contribution in [1.29, 1.82) is 0 Å². The van der Waals surface area contributed by atoms with Crippen LogP contribution in [0.25, 0.3) is 0 Å². The molecule has 0 aliphatic rings. The highest BCUT2D eigenvalue weighted by Gasteiger charge is 2.12. The number of carboxylic acids is 1. The Kier molecular flexibility index (Phi) is 3.55. The van der Waals surface area contributed by atoms with Crippen molar-refractivity contribution in [2.24, 2.45) is 0 Å². The van der Waals surface area contributed by atoms with Crippen molar-refractivity contribution < 1.29 is 14.7 Å². The summed E-state index contributed by atoms with van der Waals surface area (Å²) >= 11 is 0. The number of aliphatic carboxylic acids is 1. The molecule has 2 heterocycles. The van der Waals surface area contributed by atoms with Crippen LogP contribution in [0.4, 0.5) is 5.69 Å². The Balaban J connectivity index is 2.03. The Hall–Kier alpha value is -2.71. The molecular weight excluding hydrogens is 252 g/mol. The molecule has 0 atom stereocenters. The van der Waals surface area contributed by atoms with E-state index in [2.05, 4.69) is 20.7 Å². The summed E-state index contributed by atoms with van der Waals surface area (Å²) in [5, 5.41) is 22.3. The summed E-state index contributed by atoms with van der Waals surface area (Å²) in [6.07, 6.45) is 4.47. The van der Waals surface area contributed by atoms with Crippen LogP contribution in [0.15, 0.2) is 18.6 Å². The summed E-state index contributed by atoms with van der Waals surface area (Å²) in [6.45, 7) is 2.29. The first-order valence-corrected chi connectivity index (χ1v) is 5.54. The molecule has 0 fully saturated rings. The van der Waals surface area contributed by atoms with E-state index in [-0.39, 0.29) is 12.2 Å². The number of carboxylic acid groups (broad SMARTS) is 1. The van der Waals surface area contributed by atoms with Crippen LogP contribution in [0.2, 0.25) is 0 Å². The molecule has 0 aliphatic heterocycles.